The normalized spacial score (nSPS) is 14.4. The third kappa shape index (κ3) is 11.3. The van der Waals surface area contributed by atoms with E-state index in [2.05, 4.69) is 331 Å². The molecule has 1 N–H and O–H groups in total. The molecule has 10 aromatic rings. The van der Waals surface area contributed by atoms with E-state index in [0.29, 0.717) is 0 Å². The van der Waals surface area contributed by atoms with E-state index in [1.807, 2.05) is 0 Å². The molecule has 0 fully saturated rings. The molecule has 0 atom stereocenters. The summed E-state index contributed by atoms with van der Waals surface area (Å²) in [5, 5.41) is 14.3. The van der Waals surface area contributed by atoms with E-state index in [4.69, 9.17) is 0 Å². The Labute approximate surface area is 524 Å². The van der Waals surface area contributed by atoms with Crippen LogP contribution in [0.25, 0.3) is 32.7 Å². The highest BCUT2D eigenvalue weighted by Gasteiger charge is 2.49. The summed E-state index contributed by atoms with van der Waals surface area (Å²) in [6.45, 7) is 41.3. The van der Waals surface area contributed by atoms with E-state index in [1.54, 1.807) is 0 Å². The minimum absolute atomic E-state index is 0.0231. The van der Waals surface area contributed by atoms with E-state index in [0.717, 1.165) is 43.8 Å². The molecule has 446 valence electrons. The first-order valence-corrected chi connectivity index (χ1v) is 37.7. The lowest BCUT2D eigenvalue weighted by Gasteiger charge is -2.39. The van der Waals surface area contributed by atoms with Crippen molar-refractivity contribution >= 4 is 86.6 Å². The summed E-state index contributed by atoms with van der Waals surface area (Å²) in [5.41, 5.74) is 11.3. The molecule has 0 radical (unpaired) electrons. The number of rotatable bonds is 8. The van der Waals surface area contributed by atoms with Crippen molar-refractivity contribution in [1.29, 1.82) is 0 Å². The van der Waals surface area contributed by atoms with Crippen molar-refractivity contribution in [2.45, 2.75) is 169 Å². The second-order valence-electron chi connectivity index (χ2n) is 31.6. The van der Waals surface area contributed by atoms with Crippen molar-refractivity contribution in [2.24, 2.45) is 0 Å². The summed E-state index contributed by atoms with van der Waals surface area (Å²) in [6, 6.07) is 80.1. The number of benzene rings is 10. The summed E-state index contributed by atoms with van der Waals surface area (Å²) in [4.78, 5) is 13.7. The second-order valence-corrected chi connectivity index (χ2v) is 41.5. The minimum atomic E-state index is -4.13. The van der Waals surface area contributed by atoms with Crippen molar-refractivity contribution in [1.82, 2.24) is 0 Å². The molecule has 1 aliphatic heterocycles. The van der Waals surface area contributed by atoms with Gasteiger partial charge in [0.1, 0.15) is 0 Å². The van der Waals surface area contributed by atoms with Gasteiger partial charge in [-0.15, -0.1) is 0 Å². The predicted octanol–water partition coefficient (Wildman–Crippen LogP) is 16.5. The zero-order chi connectivity index (χ0) is 62.7. The van der Waals surface area contributed by atoms with Crippen LogP contribution in [0.2, 0.25) is 0 Å². The Hall–Kier alpha value is -6.66. The lowest BCUT2D eigenvalue weighted by atomic mass is 9.87. The Morgan fingerprint density at radius 2 is 0.494 bits per heavy atom. The van der Waals surface area contributed by atoms with Gasteiger partial charge in [-0.2, -0.15) is 0 Å². The molecular formula is C82H93O2PSi2. The van der Waals surface area contributed by atoms with Gasteiger partial charge in [-0.1, -0.05) is 331 Å². The van der Waals surface area contributed by atoms with Crippen LogP contribution in [-0.2, 0) is 49.4 Å². The first-order valence-electron chi connectivity index (χ1n) is 31.7. The molecule has 0 bridgehead atoms. The predicted molar refractivity (Wildman–Crippen MR) is 384 cm³/mol. The van der Waals surface area contributed by atoms with Crippen LogP contribution >= 0.6 is 7.37 Å². The quantitative estimate of drug-likeness (QED) is 0.0935. The van der Waals surface area contributed by atoms with Crippen molar-refractivity contribution < 1.29 is 9.46 Å². The Kier molecular flexibility index (Phi) is 15.6. The molecule has 1 aliphatic rings. The molecule has 87 heavy (non-hydrogen) atoms. The summed E-state index contributed by atoms with van der Waals surface area (Å²) < 4.78 is 16.7. The Bertz CT molecular complexity index is 3690. The van der Waals surface area contributed by atoms with E-state index < -0.39 is 23.5 Å². The molecule has 0 spiro atoms. The second kappa shape index (κ2) is 21.8. The third-order valence-corrected chi connectivity index (χ3v) is 30.6. The lowest BCUT2D eigenvalue weighted by Crippen LogP contribution is -2.75. The van der Waals surface area contributed by atoms with Crippen LogP contribution in [0.3, 0.4) is 0 Å². The van der Waals surface area contributed by atoms with Crippen LogP contribution in [0.15, 0.2) is 206 Å². The third-order valence-electron chi connectivity index (χ3n) is 19.3. The molecular weight excluding hydrogens is 1100 g/mol. The molecule has 11 rings (SSSR count). The zero-order valence-electron chi connectivity index (χ0n) is 55.3. The van der Waals surface area contributed by atoms with Gasteiger partial charge in [0.05, 0.1) is 12.3 Å². The SMILES string of the molecule is CC(C)(C)c1ccc([Si](c2ccc(C(C)(C)C)cc2)(c2ccc(C(C)(C)C)cc2)c2cc3ccccc3c3c2CP(=O)(O)Cc2c([Si](c4ccc(C(C)(C)C)cc4)(c4ccc(C(C)(C)C)cc4)c4ccc(C(C)(C)C)cc4)cc4ccccc4c2-3)cc1. The fourth-order valence-electron chi connectivity index (χ4n) is 14.2. The highest BCUT2D eigenvalue weighted by Crippen LogP contribution is 2.56. The summed E-state index contributed by atoms with van der Waals surface area (Å²) >= 11 is 0. The lowest BCUT2D eigenvalue weighted by molar-refractivity contribution is 0.476. The summed E-state index contributed by atoms with van der Waals surface area (Å²) in [7, 11) is -11.1. The van der Waals surface area contributed by atoms with Crippen molar-refractivity contribution in [2.75, 3.05) is 0 Å². The van der Waals surface area contributed by atoms with Gasteiger partial charge in [0, 0.05) is 0 Å². The van der Waals surface area contributed by atoms with Crippen LogP contribution in [0.1, 0.15) is 169 Å². The highest BCUT2D eigenvalue weighted by atomic mass is 31.2. The maximum Gasteiger partial charge on any atom is 0.209 e. The smallest absolute Gasteiger partial charge is 0.209 e. The Balaban J connectivity index is 1.37. The first-order chi connectivity index (χ1) is 40.6. The fourth-order valence-corrected chi connectivity index (χ4v) is 26.2. The van der Waals surface area contributed by atoms with Gasteiger partial charge in [-0.3, -0.25) is 4.57 Å². The van der Waals surface area contributed by atoms with Gasteiger partial charge >= 0.3 is 0 Å². The van der Waals surface area contributed by atoms with Crippen molar-refractivity contribution in [3.8, 4) is 11.1 Å². The molecule has 0 saturated heterocycles. The van der Waals surface area contributed by atoms with Crippen LogP contribution in [0.5, 0.6) is 0 Å². The maximum atomic E-state index is 16.7. The summed E-state index contributed by atoms with van der Waals surface area (Å²) in [5.74, 6) is 0. The standard InChI is InChI=1S/C82H93O2PSi2/c1-77(2,3)57-27-39-63(40-28-57)86(64-41-29-58(30-42-64)78(4,5)6,65-43-31-59(32-44-65)79(7,8)9)73-51-55-23-19-21-25-69(55)75-71(73)53-85(83,84)54-72-74(52-56-24-20-22-26-70(56)76(72)75)87(66-45-33-60(34-46-66)80(10,11)12,67-47-35-61(36-48-67)81(13,14)15)68-49-37-62(38-50-68)82(16,17)18/h19-52H,53-54H2,1-18H3,(H,83,84). The molecule has 0 aliphatic carbocycles. The van der Waals surface area contributed by atoms with E-state index in [1.165, 1.54) is 74.9 Å². The number of hydrogen-bond donors (Lipinski definition) is 1. The van der Waals surface area contributed by atoms with Crippen molar-refractivity contribution in [3.63, 3.8) is 0 Å². The van der Waals surface area contributed by atoms with Gasteiger partial charge in [0.2, 0.25) is 7.37 Å². The molecule has 2 nitrogen and oxygen atoms in total. The molecule has 0 aromatic heterocycles. The largest absolute Gasteiger partial charge is 0.344 e. The summed E-state index contributed by atoms with van der Waals surface area (Å²) in [6.07, 6.45) is 0.0463. The van der Waals surface area contributed by atoms with E-state index >= 15 is 4.57 Å². The van der Waals surface area contributed by atoms with Crippen LogP contribution < -0.4 is 41.5 Å². The minimum Gasteiger partial charge on any atom is -0.344 e. The molecule has 0 unspecified atom stereocenters. The van der Waals surface area contributed by atoms with Crippen LogP contribution in [-0.4, -0.2) is 21.0 Å². The molecule has 0 amide bonds. The number of fused-ring (bicyclic) bond motifs is 7. The number of hydrogen-bond acceptors (Lipinski definition) is 1. The molecule has 10 aromatic carbocycles. The van der Waals surface area contributed by atoms with E-state index in [9.17, 15) is 4.89 Å². The fraction of sp³-hybridized carbons (Fsp3) is 0.317. The maximum absolute atomic E-state index is 16.7. The highest BCUT2D eigenvalue weighted by molar-refractivity contribution is 7.56. The van der Waals surface area contributed by atoms with Gasteiger partial charge in [0.25, 0.3) is 0 Å². The Morgan fingerprint density at radius 3 is 0.690 bits per heavy atom. The van der Waals surface area contributed by atoms with Crippen LogP contribution in [0.4, 0.5) is 0 Å². The molecule has 0 saturated carbocycles. The van der Waals surface area contributed by atoms with Gasteiger partial charge in [-0.25, -0.2) is 0 Å². The Morgan fingerprint density at radius 1 is 0.299 bits per heavy atom. The van der Waals surface area contributed by atoms with Gasteiger partial charge in [-0.05, 0) is 151 Å². The first kappa shape index (κ1) is 62.0. The zero-order valence-corrected chi connectivity index (χ0v) is 58.2. The van der Waals surface area contributed by atoms with Gasteiger partial charge < -0.3 is 4.89 Å². The van der Waals surface area contributed by atoms with Crippen LogP contribution in [0, 0.1) is 0 Å². The van der Waals surface area contributed by atoms with E-state index in [-0.39, 0.29) is 44.8 Å². The molecule has 1 heterocycles. The van der Waals surface area contributed by atoms with Crippen molar-refractivity contribution in [3.05, 3.63) is 251 Å². The monoisotopic (exact) mass is 1200 g/mol. The topological polar surface area (TPSA) is 37.3 Å². The average Bonchev–Trinajstić information content (AvgIpc) is 1.67. The average molecular weight is 1200 g/mol. The molecule has 5 heteroatoms. The van der Waals surface area contributed by atoms with Gasteiger partial charge in [0.15, 0.2) is 16.1 Å².